The number of nitrogens with two attached hydrogens (primary N) is 1. The van der Waals surface area contributed by atoms with Crippen molar-refractivity contribution in [2.24, 2.45) is 0 Å². The molecule has 2 aromatic carbocycles. The Kier molecular flexibility index (Phi) is 4.84. The number of carbonyl (C=O) groups excluding carboxylic acids is 1. The van der Waals surface area contributed by atoms with Gasteiger partial charge < -0.3 is 15.2 Å². The van der Waals surface area contributed by atoms with Gasteiger partial charge in [-0.3, -0.25) is 0 Å². The lowest BCUT2D eigenvalue weighted by molar-refractivity contribution is 0.0527. The van der Waals surface area contributed by atoms with Crippen LogP contribution in [0, 0.1) is 3.57 Å². The largest absolute Gasteiger partial charge is 0.462 e. The minimum atomic E-state index is -0.446. The van der Waals surface area contributed by atoms with Crippen LogP contribution >= 0.6 is 22.6 Å². The van der Waals surface area contributed by atoms with Crippen molar-refractivity contribution in [3.63, 3.8) is 0 Å². The van der Waals surface area contributed by atoms with Gasteiger partial charge >= 0.3 is 5.97 Å². The number of nitrogen functional groups attached to an aromatic ring is 1. The molecule has 104 valence electrons. The Labute approximate surface area is 131 Å². The fraction of sp³-hybridized carbons (Fsp3) is 0.133. The van der Waals surface area contributed by atoms with E-state index in [1.807, 2.05) is 24.3 Å². The molecule has 0 saturated carbocycles. The Morgan fingerprint density at radius 1 is 1.15 bits per heavy atom. The Balaban J connectivity index is 2.32. The van der Waals surface area contributed by atoms with E-state index in [1.54, 1.807) is 25.1 Å². The van der Waals surface area contributed by atoms with Crippen LogP contribution in [0.15, 0.2) is 42.5 Å². The van der Waals surface area contributed by atoms with Crippen molar-refractivity contribution < 1.29 is 14.3 Å². The minimum Gasteiger partial charge on any atom is -0.462 e. The molecule has 0 fully saturated rings. The van der Waals surface area contributed by atoms with Gasteiger partial charge in [-0.25, -0.2) is 4.79 Å². The van der Waals surface area contributed by atoms with Crippen LogP contribution in [0.1, 0.15) is 17.3 Å². The molecule has 4 nitrogen and oxygen atoms in total. The van der Waals surface area contributed by atoms with Crippen molar-refractivity contribution in [1.29, 1.82) is 0 Å². The van der Waals surface area contributed by atoms with Crippen LogP contribution in [0.25, 0.3) is 0 Å². The van der Waals surface area contributed by atoms with E-state index >= 15 is 0 Å². The van der Waals surface area contributed by atoms with Gasteiger partial charge in [0.05, 0.1) is 21.4 Å². The number of hydrogen-bond donors (Lipinski definition) is 1. The van der Waals surface area contributed by atoms with Gasteiger partial charge in [-0.2, -0.15) is 0 Å². The average Bonchev–Trinajstić information content (AvgIpc) is 2.43. The Morgan fingerprint density at radius 2 is 1.85 bits per heavy atom. The number of halogens is 1. The molecule has 0 spiro atoms. The van der Waals surface area contributed by atoms with Crippen molar-refractivity contribution in [3.8, 4) is 11.5 Å². The molecule has 2 N–H and O–H groups in total. The lowest BCUT2D eigenvalue weighted by Gasteiger charge is -2.12. The van der Waals surface area contributed by atoms with E-state index in [4.69, 9.17) is 15.2 Å². The van der Waals surface area contributed by atoms with Crippen LogP contribution in [0.5, 0.6) is 11.5 Å². The monoisotopic (exact) mass is 383 g/mol. The van der Waals surface area contributed by atoms with Crippen LogP contribution in [0.2, 0.25) is 0 Å². The van der Waals surface area contributed by atoms with Crippen LogP contribution < -0.4 is 10.5 Å². The topological polar surface area (TPSA) is 61.5 Å². The maximum Gasteiger partial charge on any atom is 0.340 e. The lowest BCUT2D eigenvalue weighted by atomic mass is 10.1. The normalized spacial score (nSPS) is 10.1. The minimum absolute atomic E-state index is 0.283. The summed E-state index contributed by atoms with van der Waals surface area (Å²) >= 11 is 2.18. The average molecular weight is 383 g/mol. The van der Waals surface area contributed by atoms with Crippen molar-refractivity contribution in [3.05, 3.63) is 51.6 Å². The number of para-hydroxylation sites is 2. The molecule has 0 aliphatic rings. The molecule has 0 aliphatic heterocycles. The first-order chi connectivity index (χ1) is 9.63. The third kappa shape index (κ3) is 3.22. The highest BCUT2D eigenvalue weighted by Crippen LogP contribution is 2.32. The lowest BCUT2D eigenvalue weighted by Crippen LogP contribution is -2.08. The molecular weight excluding hydrogens is 369 g/mol. The summed E-state index contributed by atoms with van der Waals surface area (Å²) < 4.78 is 11.7. The predicted molar refractivity (Wildman–Crippen MR) is 86.0 cm³/mol. The van der Waals surface area contributed by atoms with Gasteiger partial charge in [0.15, 0.2) is 5.75 Å². The summed E-state index contributed by atoms with van der Waals surface area (Å²) in [6.07, 6.45) is 0. The van der Waals surface area contributed by atoms with E-state index < -0.39 is 5.97 Å². The molecule has 2 rings (SSSR count). The third-order valence-corrected chi connectivity index (χ3v) is 3.51. The molecule has 0 atom stereocenters. The highest BCUT2D eigenvalue weighted by Gasteiger charge is 2.15. The Morgan fingerprint density at radius 3 is 2.55 bits per heavy atom. The number of ether oxygens (including phenoxy) is 2. The second kappa shape index (κ2) is 6.60. The smallest absolute Gasteiger partial charge is 0.340 e. The molecule has 0 unspecified atom stereocenters. The van der Waals surface area contributed by atoms with Crippen LogP contribution in [-0.4, -0.2) is 12.6 Å². The summed E-state index contributed by atoms with van der Waals surface area (Å²) in [5, 5.41) is 0. The second-order valence-electron chi connectivity index (χ2n) is 3.97. The zero-order valence-corrected chi connectivity index (χ0v) is 13.1. The SMILES string of the molecule is CCOC(=O)c1cccc(Oc2ccccc2I)c1N. The van der Waals surface area contributed by atoms with E-state index in [2.05, 4.69) is 22.6 Å². The van der Waals surface area contributed by atoms with Gasteiger partial charge in [-0.1, -0.05) is 18.2 Å². The summed E-state index contributed by atoms with van der Waals surface area (Å²) in [5.74, 6) is 0.693. The maximum atomic E-state index is 11.8. The zero-order chi connectivity index (χ0) is 14.5. The highest BCUT2D eigenvalue weighted by molar-refractivity contribution is 14.1. The number of hydrogen-bond acceptors (Lipinski definition) is 4. The number of rotatable bonds is 4. The van der Waals surface area contributed by atoms with Gasteiger partial charge in [0.25, 0.3) is 0 Å². The Bertz CT molecular complexity index is 628. The van der Waals surface area contributed by atoms with Crippen LogP contribution in [-0.2, 0) is 4.74 Å². The number of anilines is 1. The quantitative estimate of drug-likeness (QED) is 0.495. The molecule has 0 amide bonds. The molecular formula is C15H14INO3. The van der Waals surface area contributed by atoms with Crippen LogP contribution in [0.4, 0.5) is 5.69 Å². The van der Waals surface area contributed by atoms with Crippen molar-refractivity contribution in [2.75, 3.05) is 12.3 Å². The van der Waals surface area contributed by atoms with Gasteiger partial charge in [0.2, 0.25) is 0 Å². The second-order valence-corrected chi connectivity index (χ2v) is 5.13. The van der Waals surface area contributed by atoms with E-state index in [0.29, 0.717) is 23.7 Å². The molecule has 0 aliphatic carbocycles. The summed E-state index contributed by atoms with van der Waals surface area (Å²) in [7, 11) is 0. The number of benzene rings is 2. The number of esters is 1. The molecule has 0 aromatic heterocycles. The van der Waals surface area contributed by atoms with Gasteiger partial charge in [-0.05, 0) is 53.8 Å². The molecule has 0 saturated heterocycles. The maximum absolute atomic E-state index is 11.8. The molecule has 0 bridgehead atoms. The van der Waals surface area contributed by atoms with Crippen LogP contribution in [0.3, 0.4) is 0 Å². The molecule has 20 heavy (non-hydrogen) atoms. The standard InChI is InChI=1S/C15H14INO3/c1-2-19-15(18)10-6-5-9-13(14(10)17)20-12-8-4-3-7-11(12)16/h3-9H,2,17H2,1H3. The van der Waals surface area contributed by atoms with Crippen molar-refractivity contribution >= 4 is 34.2 Å². The summed E-state index contributed by atoms with van der Waals surface area (Å²) in [6.45, 7) is 2.06. The summed E-state index contributed by atoms with van der Waals surface area (Å²) in [5.41, 5.74) is 6.58. The molecule has 0 heterocycles. The molecule has 5 heteroatoms. The highest BCUT2D eigenvalue weighted by atomic mass is 127. The third-order valence-electron chi connectivity index (χ3n) is 2.62. The van der Waals surface area contributed by atoms with E-state index in [9.17, 15) is 4.79 Å². The van der Waals surface area contributed by atoms with Crippen molar-refractivity contribution in [2.45, 2.75) is 6.92 Å². The summed E-state index contributed by atoms with van der Waals surface area (Å²) in [6, 6.07) is 12.6. The first kappa shape index (κ1) is 14.6. The van der Waals surface area contributed by atoms with E-state index in [-0.39, 0.29) is 5.69 Å². The zero-order valence-electron chi connectivity index (χ0n) is 10.9. The van der Waals surface area contributed by atoms with E-state index in [0.717, 1.165) is 3.57 Å². The summed E-state index contributed by atoms with van der Waals surface area (Å²) in [4.78, 5) is 11.8. The van der Waals surface area contributed by atoms with Gasteiger partial charge in [-0.15, -0.1) is 0 Å². The van der Waals surface area contributed by atoms with Crippen molar-refractivity contribution in [1.82, 2.24) is 0 Å². The molecule has 2 aromatic rings. The molecule has 0 radical (unpaired) electrons. The fourth-order valence-corrected chi connectivity index (χ4v) is 2.16. The van der Waals surface area contributed by atoms with Gasteiger partial charge in [0.1, 0.15) is 5.75 Å². The number of carbonyl (C=O) groups is 1. The Hall–Kier alpha value is -1.76. The predicted octanol–water partition coefficient (Wildman–Crippen LogP) is 3.84. The first-order valence-corrected chi connectivity index (χ1v) is 7.19. The first-order valence-electron chi connectivity index (χ1n) is 6.11. The van der Waals surface area contributed by atoms with Gasteiger partial charge in [0, 0.05) is 0 Å². The fourth-order valence-electron chi connectivity index (χ4n) is 1.67. The van der Waals surface area contributed by atoms with E-state index in [1.165, 1.54) is 0 Å².